The van der Waals surface area contributed by atoms with Gasteiger partial charge < -0.3 is 15.5 Å². The van der Waals surface area contributed by atoms with Crippen LogP contribution in [0.2, 0.25) is 0 Å². The van der Waals surface area contributed by atoms with Gasteiger partial charge in [-0.15, -0.1) is 11.3 Å². The SMILES string of the molecule is CCN(CC)CCNC(=O)c1ccc(NC(=O)c2csc(C)c2C)cc1. The van der Waals surface area contributed by atoms with E-state index in [2.05, 4.69) is 29.4 Å². The molecule has 0 radical (unpaired) electrons. The van der Waals surface area contributed by atoms with Gasteiger partial charge in [0.05, 0.1) is 5.56 Å². The molecule has 0 unspecified atom stereocenters. The summed E-state index contributed by atoms with van der Waals surface area (Å²) in [6, 6.07) is 6.97. The molecule has 0 spiro atoms. The summed E-state index contributed by atoms with van der Waals surface area (Å²) in [6.45, 7) is 11.6. The van der Waals surface area contributed by atoms with E-state index in [0.29, 0.717) is 23.4 Å². The first kappa shape index (κ1) is 20.1. The molecule has 0 atom stereocenters. The maximum Gasteiger partial charge on any atom is 0.256 e. The number of nitrogens with one attached hydrogen (secondary N) is 2. The Morgan fingerprint density at radius 1 is 1.04 bits per heavy atom. The van der Waals surface area contributed by atoms with E-state index in [1.54, 1.807) is 35.6 Å². The van der Waals surface area contributed by atoms with Crippen LogP contribution in [0.5, 0.6) is 0 Å². The van der Waals surface area contributed by atoms with E-state index in [1.165, 1.54) is 0 Å². The summed E-state index contributed by atoms with van der Waals surface area (Å²) in [5, 5.41) is 7.68. The monoisotopic (exact) mass is 373 g/mol. The second-order valence-electron chi connectivity index (χ2n) is 6.14. The molecule has 1 heterocycles. The maximum atomic E-state index is 12.3. The van der Waals surface area contributed by atoms with E-state index in [1.807, 2.05) is 19.2 Å². The van der Waals surface area contributed by atoms with Crippen LogP contribution in [0.3, 0.4) is 0 Å². The molecule has 2 N–H and O–H groups in total. The van der Waals surface area contributed by atoms with Gasteiger partial charge in [0.2, 0.25) is 0 Å². The Morgan fingerprint density at radius 3 is 2.23 bits per heavy atom. The van der Waals surface area contributed by atoms with Crippen LogP contribution in [0.1, 0.15) is 45.0 Å². The Kier molecular flexibility index (Phi) is 7.36. The summed E-state index contributed by atoms with van der Waals surface area (Å²) in [5.41, 5.74) is 2.98. The van der Waals surface area contributed by atoms with Crippen molar-refractivity contribution in [3.8, 4) is 0 Å². The first-order chi connectivity index (χ1) is 12.5. The molecule has 1 aromatic heterocycles. The highest BCUT2D eigenvalue weighted by atomic mass is 32.1. The van der Waals surface area contributed by atoms with Crippen LogP contribution in [-0.2, 0) is 0 Å². The first-order valence-electron chi connectivity index (χ1n) is 8.92. The third-order valence-electron chi connectivity index (χ3n) is 4.54. The predicted molar refractivity (Wildman–Crippen MR) is 108 cm³/mol. The zero-order valence-corrected chi connectivity index (χ0v) is 16.7. The fourth-order valence-corrected chi connectivity index (χ4v) is 3.48. The number of nitrogens with zero attached hydrogens (tertiary/aromatic N) is 1. The summed E-state index contributed by atoms with van der Waals surface area (Å²) in [4.78, 5) is 27.9. The molecule has 0 saturated carbocycles. The molecular formula is C20H27N3O2S. The predicted octanol–water partition coefficient (Wildman–Crippen LogP) is 3.69. The number of carbonyl (C=O) groups is 2. The van der Waals surface area contributed by atoms with Crippen molar-refractivity contribution >= 4 is 28.8 Å². The van der Waals surface area contributed by atoms with Gasteiger partial charge in [-0.1, -0.05) is 13.8 Å². The molecule has 26 heavy (non-hydrogen) atoms. The molecule has 1 aromatic carbocycles. The van der Waals surface area contributed by atoms with E-state index in [4.69, 9.17) is 0 Å². The van der Waals surface area contributed by atoms with Gasteiger partial charge in [-0.2, -0.15) is 0 Å². The van der Waals surface area contributed by atoms with Crippen LogP contribution in [-0.4, -0.2) is 42.9 Å². The van der Waals surface area contributed by atoms with Gasteiger partial charge >= 0.3 is 0 Å². The van der Waals surface area contributed by atoms with E-state index in [-0.39, 0.29) is 11.8 Å². The number of hydrogen-bond donors (Lipinski definition) is 2. The second kappa shape index (κ2) is 9.50. The largest absolute Gasteiger partial charge is 0.351 e. The molecule has 0 aliphatic rings. The van der Waals surface area contributed by atoms with Gasteiger partial charge in [0.1, 0.15) is 0 Å². The summed E-state index contributed by atoms with van der Waals surface area (Å²) in [6.07, 6.45) is 0. The molecule has 5 nitrogen and oxygen atoms in total. The number of hydrogen-bond acceptors (Lipinski definition) is 4. The lowest BCUT2D eigenvalue weighted by Crippen LogP contribution is -2.34. The van der Waals surface area contributed by atoms with Crippen molar-refractivity contribution in [1.82, 2.24) is 10.2 Å². The lowest BCUT2D eigenvalue weighted by atomic mass is 10.1. The summed E-state index contributed by atoms with van der Waals surface area (Å²) in [5.74, 6) is -0.220. The van der Waals surface area contributed by atoms with Crippen molar-refractivity contribution < 1.29 is 9.59 Å². The summed E-state index contributed by atoms with van der Waals surface area (Å²) >= 11 is 1.57. The van der Waals surface area contributed by atoms with Gasteiger partial charge in [-0.05, 0) is 56.8 Å². The van der Waals surface area contributed by atoms with Crippen LogP contribution < -0.4 is 10.6 Å². The molecule has 2 rings (SSSR count). The first-order valence-corrected chi connectivity index (χ1v) is 9.80. The van der Waals surface area contributed by atoms with Crippen molar-refractivity contribution in [2.24, 2.45) is 0 Å². The fraction of sp³-hybridized carbons (Fsp3) is 0.400. The molecule has 140 valence electrons. The molecule has 0 aliphatic carbocycles. The number of anilines is 1. The zero-order chi connectivity index (χ0) is 19.1. The Morgan fingerprint density at radius 2 is 1.69 bits per heavy atom. The van der Waals surface area contributed by atoms with Gasteiger partial charge in [0.25, 0.3) is 11.8 Å². The maximum absolute atomic E-state index is 12.3. The standard InChI is InChI=1S/C20H27N3O2S/c1-5-23(6-2)12-11-21-19(24)16-7-9-17(10-8-16)22-20(25)18-13-26-15(4)14(18)3/h7-10,13H,5-6,11-12H2,1-4H3,(H,21,24)(H,22,25). The number of rotatable bonds is 8. The zero-order valence-electron chi connectivity index (χ0n) is 15.9. The molecule has 6 heteroatoms. The van der Waals surface area contributed by atoms with Gasteiger partial charge in [-0.3, -0.25) is 9.59 Å². The topological polar surface area (TPSA) is 61.4 Å². The van der Waals surface area contributed by atoms with Crippen molar-refractivity contribution in [2.75, 3.05) is 31.5 Å². The van der Waals surface area contributed by atoms with Crippen LogP contribution in [0.4, 0.5) is 5.69 Å². The molecule has 0 bridgehead atoms. The third-order valence-corrected chi connectivity index (χ3v) is 5.56. The van der Waals surface area contributed by atoms with E-state index in [0.717, 1.165) is 30.1 Å². The molecule has 0 aliphatic heterocycles. The molecule has 0 saturated heterocycles. The van der Waals surface area contributed by atoms with Crippen molar-refractivity contribution in [3.63, 3.8) is 0 Å². The minimum absolute atomic E-state index is 0.0978. The lowest BCUT2D eigenvalue weighted by molar-refractivity contribution is 0.0948. The highest BCUT2D eigenvalue weighted by molar-refractivity contribution is 7.10. The molecule has 2 aromatic rings. The molecule has 0 fully saturated rings. The smallest absolute Gasteiger partial charge is 0.256 e. The number of benzene rings is 1. The Balaban J connectivity index is 1.90. The fourth-order valence-electron chi connectivity index (χ4n) is 2.61. The van der Waals surface area contributed by atoms with E-state index < -0.39 is 0 Å². The Hall–Kier alpha value is -2.18. The number of carbonyl (C=O) groups excluding carboxylic acids is 2. The van der Waals surface area contributed by atoms with Gasteiger partial charge in [-0.25, -0.2) is 0 Å². The third kappa shape index (κ3) is 5.16. The van der Waals surface area contributed by atoms with Crippen molar-refractivity contribution in [3.05, 3.63) is 51.2 Å². The minimum atomic E-state index is -0.122. The van der Waals surface area contributed by atoms with Crippen molar-refractivity contribution in [2.45, 2.75) is 27.7 Å². The van der Waals surface area contributed by atoms with Crippen LogP contribution >= 0.6 is 11.3 Å². The highest BCUT2D eigenvalue weighted by Crippen LogP contribution is 2.21. The number of amides is 2. The average molecular weight is 374 g/mol. The van der Waals surface area contributed by atoms with Crippen LogP contribution in [0.25, 0.3) is 0 Å². The van der Waals surface area contributed by atoms with Crippen LogP contribution in [0, 0.1) is 13.8 Å². The normalized spacial score (nSPS) is 10.8. The van der Waals surface area contributed by atoms with Gasteiger partial charge in [0, 0.05) is 34.6 Å². The van der Waals surface area contributed by atoms with E-state index in [9.17, 15) is 9.59 Å². The summed E-state index contributed by atoms with van der Waals surface area (Å²) in [7, 11) is 0. The number of thiophene rings is 1. The Bertz CT molecular complexity index is 749. The molecule has 2 amide bonds. The average Bonchev–Trinajstić information content (AvgIpc) is 2.98. The van der Waals surface area contributed by atoms with Crippen molar-refractivity contribution in [1.29, 1.82) is 0 Å². The quantitative estimate of drug-likeness (QED) is 0.742. The number of aryl methyl sites for hydroxylation is 1. The number of likely N-dealkylation sites (N-methyl/N-ethyl adjacent to an activating group) is 1. The Labute approximate surface area is 159 Å². The van der Waals surface area contributed by atoms with Crippen LogP contribution in [0.15, 0.2) is 29.6 Å². The van der Waals surface area contributed by atoms with Gasteiger partial charge in [0.15, 0.2) is 0 Å². The van der Waals surface area contributed by atoms with E-state index >= 15 is 0 Å². The minimum Gasteiger partial charge on any atom is -0.351 e. The highest BCUT2D eigenvalue weighted by Gasteiger charge is 2.13. The lowest BCUT2D eigenvalue weighted by Gasteiger charge is -2.18. The second-order valence-corrected chi connectivity index (χ2v) is 7.23. The summed E-state index contributed by atoms with van der Waals surface area (Å²) < 4.78 is 0. The molecular weight excluding hydrogens is 346 g/mol.